The van der Waals surface area contributed by atoms with Gasteiger partial charge in [-0.3, -0.25) is 4.79 Å². The van der Waals surface area contributed by atoms with E-state index < -0.39 is 0 Å². The van der Waals surface area contributed by atoms with E-state index in [0.717, 1.165) is 16.7 Å². The van der Waals surface area contributed by atoms with Gasteiger partial charge in [0.15, 0.2) is 6.04 Å². The quantitative estimate of drug-likeness (QED) is 0.770. The van der Waals surface area contributed by atoms with Crippen molar-refractivity contribution >= 4 is 27.5 Å². The van der Waals surface area contributed by atoms with Gasteiger partial charge in [0.25, 0.3) is 5.91 Å². The molecule has 0 aliphatic carbocycles. The summed E-state index contributed by atoms with van der Waals surface area (Å²) in [5, 5.41) is 4.82. The van der Waals surface area contributed by atoms with Gasteiger partial charge in [-0.25, -0.2) is 0 Å². The molecular weight excluding hydrogens is 284 g/mol. The van der Waals surface area contributed by atoms with Gasteiger partial charge in [-0.1, -0.05) is 15.9 Å². The van der Waals surface area contributed by atoms with Gasteiger partial charge in [0.1, 0.15) is 0 Å². The monoisotopic (exact) mass is 301 g/mol. The number of ether oxygens (including phenoxy) is 1. The van der Waals surface area contributed by atoms with Crippen LogP contribution in [0.25, 0.3) is 0 Å². The molecule has 0 aromatic heterocycles. The lowest BCUT2D eigenvalue weighted by Gasteiger charge is -2.11. The third-order valence-electron chi connectivity index (χ3n) is 2.37. The zero-order valence-corrected chi connectivity index (χ0v) is 11.7. The molecule has 0 aliphatic heterocycles. The first-order valence-electron chi connectivity index (χ1n) is 5.52. The van der Waals surface area contributed by atoms with Crippen molar-refractivity contribution in [2.24, 2.45) is 0 Å². The number of rotatable bonds is 6. The van der Waals surface area contributed by atoms with Crippen LogP contribution in [0.5, 0.6) is 0 Å². The Morgan fingerprint density at radius 3 is 2.71 bits per heavy atom. The first kappa shape index (κ1) is 14.2. The summed E-state index contributed by atoms with van der Waals surface area (Å²) in [6.45, 7) is 3.31. The Balaban J connectivity index is 2.40. The lowest BCUT2D eigenvalue weighted by atomic mass is 10.2. The number of hydrogen-bond donors (Lipinski definition) is 2. The third-order valence-corrected chi connectivity index (χ3v) is 2.90. The van der Waals surface area contributed by atoms with E-state index in [1.165, 1.54) is 0 Å². The van der Waals surface area contributed by atoms with Crippen LogP contribution in [0, 0.1) is 0 Å². The molecule has 0 fully saturated rings. The second kappa shape index (κ2) is 7.42. The number of quaternary nitrogens is 1. The van der Waals surface area contributed by atoms with Crippen LogP contribution in [-0.4, -0.2) is 32.2 Å². The molecule has 3 N–H and O–H groups in total. The predicted octanol–water partition coefficient (Wildman–Crippen LogP) is 0.986. The fourth-order valence-corrected chi connectivity index (χ4v) is 1.60. The molecular formula is C12H18BrN2O2+. The van der Waals surface area contributed by atoms with Gasteiger partial charge in [0, 0.05) is 17.3 Å². The zero-order valence-electron chi connectivity index (χ0n) is 10.1. The topological polar surface area (TPSA) is 54.9 Å². The average Bonchev–Trinajstić information content (AvgIpc) is 2.32. The van der Waals surface area contributed by atoms with Gasteiger partial charge in [-0.05, 0) is 31.2 Å². The van der Waals surface area contributed by atoms with Crippen LogP contribution in [0.3, 0.4) is 0 Å². The third kappa shape index (κ3) is 5.30. The summed E-state index contributed by atoms with van der Waals surface area (Å²) < 4.78 is 5.93. The molecule has 1 aromatic rings. The molecule has 4 nitrogen and oxygen atoms in total. The number of carbonyl (C=O) groups is 1. The number of halogens is 1. The van der Waals surface area contributed by atoms with Crippen molar-refractivity contribution in [2.75, 3.05) is 25.6 Å². The summed E-state index contributed by atoms with van der Waals surface area (Å²) in [5.41, 5.74) is 0.810. The van der Waals surface area contributed by atoms with Crippen LogP contribution in [0.1, 0.15) is 6.92 Å². The number of carbonyl (C=O) groups excluding carboxylic acids is 1. The minimum Gasteiger partial charge on any atom is -0.379 e. The number of benzene rings is 1. The first-order chi connectivity index (χ1) is 8.13. The standard InChI is InChI=1S/C12H17BrN2O2/c1-9(14-7-8-17-2)12(16)15-11-5-3-10(13)4-6-11/h3-6,9,14H,7-8H2,1-2H3,(H,15,16)/p+1/t9-/m0/s1. The lowest BCUT2D eigenvalue weighted by molar-refractivity contribution is -0.674. The van der Waals surface area contributed by atoms with E-state index in [9.17, 15) is 4.79 Å². The Labute approximate surface area is 110 Å². The molecule has 1 atom stereocenters. The molecule has 0 aliphatic rings. The smallest absolute Gasteiger partial charge is 0.282 e. The van der Waals surface area contributed by atoms with E-state index in [-0.39, 0.29) is 11.9 Å². The summed E-state index contributed by atoms with van der Waals surface area (Å²) in [6, 6.07) is 7.41. The summed E-state index contributed by atoms with van der Waals surface area (Å²) in [6.07, 6.45) is 0. The van der Waals surface area contributed by atoms with Gasteiger partial charge in [0.2, 0.25) is 0 Å². The molecule has 1 rings (SSSR count). The molecule has 0 saturated heterocycles. The molecule has 0 spiro atoms. The van der Waals surface area contributed by atoms with Crippen molar-refractivity contribution in [3.05, 3.63) is 28.7 Å². The van der Waals surface area contributed by atoms with Crippen LogP contribution in [0.2, 0.25) is 0 Å². The maximum atomic E-state index is 11.8. The zero-order chi connectivity index (χ0) is 12.7. The molecule has 5 heteroatoms. The second-order valence-electron chi connectivity index (χ2n) is 3.80. The highest BCUT2D eigenvalue weighted by molar-refractivity contribution is 9.10. The van der Waals surface area contributed by atoms with Crippen molar-refractivity contribution in [3.63, 3.8) is 0 Å². The Kier molecular flexibility index (Phi) is 6.18. The molecule has 94 valence electrons. The number of methoxy groups -OCH3 is 1. The minimum absolute atomic E-state index is 0.00317. The molecule has 0 saturated carbocycles. The van der Waals surface area contributed by atoms with Gasteiger partial charge < -0.3 is 15.4 Å². The number of hydrogen-bond acceptors (Lipinski definition) is 2. The normalized spacial score (nSPS) is 12.2. The van der Waals surface area contributed by atoms with E-state index in [1.54, 1.807) is 7.11 Å². The van der Waals surface area contributed by atoms with E-state index in [4.69, 9.17) is 4.74 Å². The molecule has 0 heterocycles. The van der Waals surface area contributed by atoms with Crippen molar-refractivity contribution in [1.29, 1.82) is 0 Å². The SMILES string of the molecule is COCC[NH2+][C@@H](C)C(=O)Nc1ccc(Br)cc1. The Hall–Kier alpha value is -0.910. The summed E-state index contributed by atoms with van der Waals surface area (Å²) in [7, 11) is 1.65. The van der Waals surface area contributed by atoms with E-state index in [0.29, 0.717) is 6.61 Å². The van der Waals surface area contributed by atoms with Crippen LogP contribution in [-0.2, 0) is 9.53 Å². The highest BCUT2D eigenvalue weighted by Crippen LogP contribution is 2.13. The van der Waals surface area contributed by atoms with Gasteiger partial charge in [-0.15, -0.1) is 0 Å². The number of nitrogens with one attached hydrogen (secondary N) is 1. The van der Waals surface area contributed by atoms with Crippen LogP contribution < -0.4 is 10.6 Å². The van der Waals surface area contributed by atoms with Crippen LogP contribution >= 0.6 is 15.9 Å². The van der Waals surface area contributed by atoms with E-state index >= 15 is 0 Å². The summed E-state index contributed by atoms with van der Waals surface area (Å²) >= 11 is 3.35. The minimum atomic E-state index is -0.117. The fraction of sp³-hybridized carbons (Fsp3) is 0.417. The van der Waals surface area contributed by atoms with Crippen LogP contribution in [0.4, 0.5) is 5.69 Å². The van der Waals surface area contributed by atoms with Gasteiger partial charge in [0.05, 0.1) is 13.2 Å². The Morgan fingerprint density at radius 1 is 1.47 bits per heavy atom. The number of amides is 1. The molecule has 17 heavy (non-hydrogen) atoms. The Bertz CT molecular complexity index is 354. The first-order valence-corrected chi connectivity index (χ1v) is 6.31. The average molecular weight is 302 g/mol. The summed E-state index contributed by atoms with van der Waals surface area (Å²) in [4.78, 5) is 11.8. The van der Waals surface area contributed by atoms with E-state index in [1.807, 2.05) is 36.5 Å². The van der Waals surface area contributed by atoms with Crippen molar-refractivity contribution < 1.29 is 14.8 Å². The van der Waals surface area contributed by atoms with Crippen molar-refractivity contribution in [1.82, 2.24) is 0 Å². The Morgan fingerprint density at radius 2 is 2.12 bits per heavy atom. The largest absolute Gasteiger partial charge is 0.379 e. The lowest BCUT2D eigenvalue weighted by Crippen LogP contribution is -2.92. The highest BCUT2D eigenvalue weighted by atomic mass is 79.9. The number of anilines is 1. The molecule has 0 unspecified atom stereocenters. The van der Waals surface area contributed by atoms with Gasteiger partial charge in [-0.2, -0.15) is 0 Å². The molecule has 0 radical (unpaired) electrons. The molecule has 0 bridgehead atoms. The summed E-state index contributed by atoms with van der Waals surface area (Å²) in [5.74, 6) is 0.00317. The second-order valence-corrected chi connectivity index (χ2v) is 4.72. The van der Waals surface area contributed by atoms with Gasteiger partial charge >= 0.3 is 0 Å². The predicted molar refractivity (Wildman–Crippen MR) is 70.9 cm³/mol. The van der Waals surface area contributed by atoms with Crippen molar-refractivity contribution in [2.45, 2.75) is 13.0 Å². The molecule has 1 aromatic carbocycles. The highest BCUT2D eigenvalue weighted by Gasteiger charge is 2.15. The van der Waals surface area contributed by atoms with E-state index in [2.05, 4.69) is 21.2 Å². The molecule has 1 amide bonds. The fourth-order valence-electron chi connectivity index (χ4n) is 1.33. The van der Waals surface area contributed by atoms with Crippen LogP contribution in [0.15, 0.2) is 28.7 Å². The maximum absolute atomic E-state index is 11.8. The maximum Gasteiger partial charge on any atom is 0.282 e. The number of nitrogens with two attached hydrogens (primary N) is 1. The van der Waals surface area contributed by atoms with Crippen molar-refractivity contribution in [3.8, 4) is 0 Å².